The summed E-state index contributed by atoms with van der Waals surface area (Å²) in [7, 11) is 0. The second kappa shape index (κ2) is 12.3. The van der Waals surface area contributed by atoms with E-state index in [4.69, 9.17) is 24.9 Å². The maximum atomic E-state index is 5.29. The molecule has 0 bridgehead atoms. The molecule has 0 atom stereocenters. The molecular weight excluding hydrogens is 635 g/mol. The van der Waals surface area contributed by atoms with Crippen molar-refractivity contribution in [2.24, 2.45) is 0 Å². The minimum atomic E-state index is 0.587. The van der Waals surface area contributed by atoms with E-state index in [0.717, 1.165) is 66.0 Å². The van der Waals surface area contributed by atoms with E-state index in [0.29, 0.717) is 23.3 Å². The maximum absolute atomic E-state index is 5.29. The molecule has 0 aliphatic rings. The Morgan fingerprint density at radius 3 is 1.33 bits per heavy atom. The molecule has 0 amide bonds. The monoisotopic (exact) mass is 663 g/mol. The van der Waals surface area contributed by atoms with Gasteiger partial charge in [0.2, 0.25) is 0 Å². The molecule has 0 N–H and O–H groups in total. The number of benzene rings is 8. The highest BCUT2D eigenvalue weighted by atomic mass is 15.0. The summed E-state index contributed by atoms with van der Waals surface area (Å²) in [6.45, 7) is 0. The Bertz CT molecular complexity index is 2890. The van der Waals surface area contributed by atoms with Crippen LogP contribution in [0.5, 0.6) is 0 Å². The number of nitrogens with zero attached hydrogens (tertiary/aromatic N) is 5. The average Bonchev–Trinajstić information content (AvgIpc) is 3.23. The lowest BCUT2D eigenvalue weighted by Crippen LogP contribution is -2.02. The van der Waals surface area contributed by atoms with Crippen molar-refractivity contribution >= 4 is 43.2 Å². The summed E-state index contributed by atoms with van der Waals surface area (Å²) in [6.07, 6.45) is 0. The van der Waals surface area contributed by atoms with E-state index < -0.39 is 0 Å². The van der Waals surface area contributed by atoms with Crippen LogP contribution < -0.4 is 0 Å². The smallest absolute Gasteiger partial charge is 0.164 e. The van der Waals surface area contributed by atoms with Crippen molar-refractivity contribution in [2.45, 2.75) is 0 Å². The lowest BCUT2D eigenvalue weighted by molar-refractivity contribution is 1.08. The standard InChI is InChI=1S/C47H29N5/c1-4-16-30(17-5-1)43-38-26-14-15-27-41(38)48-46(49-43)33-28-39-36-24-11-10-22-34(36)35-23-12-13-25-37(35)42(39)40(29-33)47-51-44(31-18-6-2-7-19-31)50-45(52-47)32-20-8-3-9-21-32/h1-29H. The summed E-state index contributed by atoms with van der Waals surface area (Å²) in [5.41, 5.74) is 6.43. The highest BCUT2D eigenvalue weighted by Crippen LogP contribution is 2.42. The van der Waals surface area contributed by atoms with Crippen molar-refractivity contribution in [1.82, 2.24) is 24.9 Å². The van der Waals surface area contributed by atoms with Crippen LogP contribution in [-0.2, 0) is 0 Å². The molecule has 0 saturated heterocycles. The van der Waals surface area contributed by atoms with Crippen molar-refractivity contribution in [3.63, 3.8) is 0 Å². The summed E-state index contributed by atoms with van der Waals surface area (Å²) in [5.74, 6) is 2.45. The number of fused-ring (bicyclic) bond motifs is 7. The normalized spacial score (nSPS) is 11.5. The molecule has 0 fully saturated rings. The third kappa shape index (κ3) is 5.07. The van der Waals surface area contributed by atoms with Gasteiger partial charge >= 0.3 is 0 Å². The van der Waals surface area contributed by atoms with Gasteiger partial charge in [0.1, 0.15) is 0 Å². The predicted molar refractivity (Wildman–Crippen MR) is 213 cm³/mol. The van der Waals surface area contributed by atoms with Crippen LogP contribution >= 0.6 is 0 Å². The van der Waals surface area contributed by atoms with Crippen LogP contribution in [0.3, 0.4) is 0 Å². The van der Waals surface area contributed by atoms with Gasteiger partial charge < -0.3 is 0 Å². The Morgan fingerprint density at radius 2 is 0.712 bits per heavy atom. The van der Waals surface area contributed by atoms with Crippen LogP contribution in [0.4, 0.5) is 0 Å². The molecule has 52 heavy (non-hydrogen) atoms. The minimum Gasteiger partial charge on any atom is -0.228 e. The lowest BCUT2D eigenvalue weighted by Gasteiger charge is -2.17. The van der Waals surface area contributed by atoms with E-state index in [2.05, 4.69) is 84.9 Å². The molecule has 5 nitrogen and oxygen atoms in total. The minimum absolute atomic E-state index is 0.587. The number of rotatable bonds is 5. The van der Waals surface area contributed by atoms with E-state index in [-0.39, 0.29) is 0 Å². The van der Waals surface area contributed by atoms with Gasteiger partial charge in [-0.15, -0.1) is 0 Å². The van der Waals surface area contributed by atoms with Gasteiger partial charge in [-0.05, 0) is 45.1 Å². The van der Waals surface area contributed by atoms with Crippen LogP contribution in [0.1, 0.15) is 0 Å². The molecule has 0 unspecified atom stereocenters. The molecular formula is C47H29N5. The van der Waals surface area contributed by atoms with Crippen LogP contribution in [-0.4, -0.2) is 24.9 Å². The van der Waals surface area contributed by atoms with Gasteiger partial charge in [0.25, 0.3) is 0 Å². The van der Waals surface area contributed by atoms with E-state index in [1.54, 1.807) is 0 Å². The molecule has 0 spiro atoms. The molecule has 8 aromatic carbocycles. The molecule has 0 saturated carbocycles. The Labute approximate surface area is 300 Å². The van der Waals surface area contributed by atoms with Crippen molar-refractivity contribution in [1.29, 1.82) is 0 Å². The van der Waals surface area contributed by atoms with Crippen molar-refractivity contribution in [2.75, 3.05) is 0 Å². The second-order valence-corrected chi connectivity index (χ2v) is 12.9. The largest absolute Gasteiger partial charge is 0.228 e. The summed E-state index contributed by atoms with van der Waals surface area (Å²) in [4.78, 5) is 25.9. The third-order valence-corrected chi connectivity index (χ3v) is 9.69. The first-order valence-electron chi connectivity index (χ1n) is 17.4. The number of aromatic nitrogens is 5. The maximum Gasteiger partial charge on any atom is 0.164 e. The van der Waals surface area contributed by atoms with Crippen molar-refractivity contribution in [3.8, 4) is 56.8 Å². The van der Waals surface area contributed by atoms with Crippen LogP contribution in [0, 0.1) is 0 Å². The van der Waals surface area contributed by atoms with E-state index >= 15 is 0 Å². The van der Waals surface area contributed by atoms with Crippen LogP contribution in [0.15, 0.2) is 176 Å². The van der Waals surface area contributed by atoms with Gasteiger partial charge in [-0.3, -0.25) is 0 Å². The molecule has 5 heteroatoms. The fourth-order valence-corrected chi connectivity index (χ4v) is 7.29. The molecule has 242 valence electrons. The van der Waals surface area contributed by atoms with E-state index in [1.807, 2.05) is 91.0 Å². The second-order valence-electron chi connectivity index (χ2n) is 12.9. The van der Waals surface area contributed by atoms with Crippen molar-refractivity contribution in [3.05, 3.63) is 176 Å². The van der Waals surface area contributed by atoms with Gasteiger partial charge in [-0.2, -0.15) is 0 Å². The van der Waals surface area contributed by atoms with E-state index in [1.165, 1.54) is 10.8 Å². The fraction of sp³-hybridized carbons (Fsp3) is 0. The predicted octanol–water partition coefficient (Wildman–Crippen LogP) is 11.6. The fourth-order valence-electron chi connectivity index (χ4n) is 7.29. The van der Waals surface area contributed by atoms with Gasteiger partial charge in [0.05, 0.1) is 11.2 Å². The third-order valence-electron chi connectivity index (χ3n) is 9.69. The number of hydrogen-bond donors (Lipinski definition) is 0. The van der Waals surface area contributed by atoms with Gasteiger partial charge in [-0.25, -0.2) is 24.9 Å². The highest BCUT2D eigenvalue weighted by Gasteiger charge is 2.21. The first-order chi connectivity index (χ1) is 25.8. The zero-order valence-electron chi connectivity index (χ0n) is 28.0. The first kappa shape index (κ1) is 29.8. The first-order valence-corrected chi connectivity index (χ1v) is 17.4. The average molecular weight is 664 g/mol. The molecule has 2 aromatic heterocycles. The highest BCUT2D eigenvalue weighted by molar-refractivity contribution is 6.28. The molecule has 0 aliphatic heterocycles. The van der Waals surface area contributed by atoms with Gasteiger partial charge in [0.15, 0.2) is 23.3 Å². The molecule has 0 aliphatic carbocycles. The van der Waals surface area contributed by atoms with Crippen molar-refractivity contribution < 1.29 is 0 Å². The summed E-state index contributed by atoms with van der Waals surface area (Å²) in [5, 5.41) is 7.80. The zero-order valence-corrected chi connectivity index (χ0v) is 28.0. The Morgan fingerprint density at radius 1 is 0.269 bits per heavy atom. The quantitative estimate of drug-likeness (QED) is 0.171. The topological polar surface area (TPSA) is 64.5 Å². The molecule has 10 aromatic rings. The Kier molecular flexibility index (Phi) is 7.07. The number of hydrogen-bond acceptors (Lipinski definition) is 5. The Hall–Kier alpha value is -7.11. The van der Waals surface area contributed by atoms with E-state index in [9.17, 15) is 0 Å². The Balaban J connectivity index is 1.34. The van der Waals surface area contributed by atoms with Crippen LogP contribution in [0.2, 0.25) is 0 Å². The molecule has 10 rings (SSSR count). The SMILES string of the molecule is c1ccc(-c2nc(-c3ccccc3)nc(-c3cc(-c4nc(-c5ccccc5)c5ccccc5n4)cc4c5ccccc5c5ccccc5c34)n2)cc1. The summed E-state index contributed by atoms with van der Waals surface area (Å²) in [6, 6.07) is 60.4. The van der Waals surface area contributed by atoms with Gasteiger partial charge in [0, 0.05) is 38.6 Å². The summed E-state index contributed by atoms with van der Waals surface area (Å²) < 4.78 is 0. The van der Waals surface area contributed by atoms with Crippen LogP contribution in [0.25, 0.3) is 100 Å². The zero-order chi connectivity index (χ0) is 34.4. The van der Waals surface area contributed by atoms with Gasteiger partial charge in [-0.1, -0.05) is 158 Å². The number of para-hydroxylation sites is 1. The summed E-state index contributed by atoms with van der Waals surface area (Å²) >= 11 is 0. The molecule has 0 radical (unpaired) electrons. The lowest BCUT2D eigenvalue weighted by atomic mass is 9.89. The molecule has 2 heterocycles.